The van der Waals surface area contributed by atoms with Crippen molar-refractivity contribution < 1.29 is 4.74 Å². The zero-order valence-corrected chi connectivity index (χ0v) is 21.8. The predicted molar refractivity (Wildman–Crippen MR) is 141 cm³/mol. The van der Waals surface area contributed by atoms with Crippen molar-refractivity contribution in [3.05, 3.63) is 59.5 Å². The van der Waals surface area contributed by atoms with Crippen LogP contribution in [0.15, 0.2) is 47.6 Å². The van der Waals surface area contributed by atoms with E-state index in [1.807, 2.05) is 28.8 Å². The van der Waals surface area contributed by atoms with Crippen molar-refractivity contribution in [2.45, 2.75) is 47.1 Å². The first-order chi connectivity index (χ1) is 15.1. The number of hydrogen-bond acceptors (Lipinski definition) is 4. The molecule has 32 heavy (non-hydrogen) atoms. The Labute approximate surface area is 208 Å². The molecule has 0 atom stereocenters. The summed E-state index contributed by atoms with van der Waals surface area (Å²) in [5.74, 6) is 3.26. The first-order valence-corrected chi connectivity index (χ1v) is 11.1. The molecule has 174 valence electrons. The number of pyridine rings is 1. The lowest BCUT2D eigenvalue weighted by molar-refractivity contribution is 0.287. The van der Waals surface area contributed by atoms with Gasteiger partial charge in [0, 0.05) is 31.3 Å². The molecule has 0 spiro atoms. The second-order valence-corrected chi connectivity index (χ2v) is 8.06. The van der Waals surface area contributed by atoms with Gasteiger partial charge in [-0.2, -0.15) is 0 Å². The number of guanidine groups is 1. The smallest absolute Gasteiger partial charge is 0.191 e. The Bertz CT molecular complexity index is 1000. The Morgan fingerprint density at radius 3 is 2.78 bits per heavy atom. The summed E-state index contributed by atoms with van der Waals surface area (Å²) in [6, 6.07) is 12.2. The van der Waals surface area contributed by atoms with Gasteiger partial charge in [-0.25, -0.2) is 4.99 Å². The molecule has 0 saturated carbocycles. The monoisotopic (exact) mass is 550 g/mol. The highest BCUT2D eigenvalue weighted by Gasteiger charge is 2.07. The number of halogens is 1. The summed E-state index contributed by atoms with van der Waals surface area (Å²) in [6.07, 6.45) is 3.78. The maximum Gasteiger partial charge on any atom is 0.191 e. The maximum atomic E-state index is 6.06. The summed E-state index contributed by atoms with van der Waals surface area (Å²) in [7, 11) is 0. The van der Waals surface area contributed by atoms with Gasteiger partial charge in [-0.1, -0.05) is 32.0 Å². The number of rotatable bonds is 10. The van der Waals surface area contributed by atoms with Crippen LogP contribution in [0.5, 0.6) is 5.75 Å². The van der Waals surface area contributed by atoms with Crippen molar-refractivity contribution in [1.82, 2.24) is 25.2 Å². The molecular weight excluding hydrogens is 515 g/mol. The molecule has 0 radical (unpaired) electrons. The van der Waals surface area contributed by atoms with Crippen molar-refractivity contribution in [3.63, 3.8) is 0 Å². The SMILES string of the molecule is CCNC(=NCc1ccc(C)cc1OCCC(C)C)NCCc1nnc2ccccn12.I. The normalized spacial score (nSPS) is 11.5. The Hall–Kier alpha value is -2.36. The standard InChI is InChI=1S/C24H34N6O.HI/c1-5-25-24(26-13-11-23-29-28-22-8-6-7-14-30(22)23)27-17-20-10-9-19(4)16-21(20)31-15-12-18(2)3;/h6-10,14,16,18H,5,11-13,15,17H2,1-4H3,(H2,25,26,27);1H. The molecule has 0 aliphatic carbocycles. The number of aliphatic imine (C=N–C) groups is 1. The second-order valence-electron chi connectivity index (χ2n) is 8.06. The summed E-state index contributed by atoms with van der Waals surface area (Å²) in [4.78, 5) is 4.77. The number of benzene rings is 1. The molecule has 0 saturated heterocycles. The summed E-state index contributed by atoms with van der Waals surface area (Å²) >= 11 is 0. The third kappa shape index (κ3) is 7.65. The highest BCUT2D eigenvalue weighted by Crippen LogP contribution is 2.22. The van der Waals surface area contributed by atoms with Crippen LogP contribution in [0, 0.1) is 12.8 Å². The minimum absolute atomic E-state index is 0. The molecule has 0 amide bonds. The molecule has 0 aliphatic rings. The van der Waals surface area contributed by atoms with Gasteiger partial charge in [0.15, 0.2) is 11.6 Å². The highest BCUT2D eigenvalue weighted by atomic mass is 127. The van der Waals surface area contributed by atoms with Crippen molar-refractivity contribution in [2.24, 2.45) is 10.9 Å². The van der Waals surface area contributed by atoms with Crippen LogP contribution in [-0.4, -0.2) is 40.3 Å². The Balaban J connectivity index is 0.00000363. The van der Waals surface area contributed by atoms with E-state index in [1.54, 1.807) is 0 Å². The molecular formula is C24H35IN6O. The van der Waals surface area contributed by atoms with E-state index < -0.39 is 0 Å². The number of hydrogen-bond donors (Lipinski definition) is 2. The molecule has 3 rings (SSSR count). The van der Waals surface area contributed by atoms with Gasteiger partial charge in [0.05, 0.1) is 13.2 Å². The van der Waals surface area contributed by atoms with Gasteiger partial charge < -0.3 is 15.4 Å². The number of nitrogens with one attached hydrogen (secondary N) is 2. The van der Waals surface area contributed by atoms with E-state index in [4.69, 9.17) is 9.73 Å². The number of aryl methyl sites for hydroxylation is 1. The maximum absolute atomic E-state index is 6.06. The summed E-state index contributed by atoms with van der Waals surface area (Å²) in [5, 5.41) is 15.2. The highest BCUT2D eigenvalue weighted by molar-refractivity contribution is 14.0. The zero-order chi connectivity index (χ0) is 22.1. The van der Waals surface area contributed by atoms with Gasteiger partial charge in [-0.05, 0) is 49.9 Å². The van der Waals surface area contributed by atoms with Gasteiger partial charge in [0.2, 0.25) is 0 Å². The fraction of sp³-hybridized carbons (Fsp3) is 0.458. The van der Waals surface area contributed by atoms with Crippen LogP contribution in [0.1, 0.15) is 44.1 Å². The quantitative estimate of drug-likeness (QED) is 0.223. The molecule has 0 fully saturated rings. The van der Waals surface area contributed by atoms with E-state index in [1.165, 1.54) is 5.56 Å². The van der Waals surface area contributed by atoms with Crippen LogP contribution in [0.3, 0.4) is 0 Å². The lowest BCUT2D eigenvalue weighted by Gasteiger charge is -2.14. The topological polar surface area (TPSA) is 75.8 Å². The summed E-state index contributed by atoms with van der Waals surface area (Å²) in [5.41, 5.74) is 3.15. The van der Waals surface area contributed by atoms with E-state index in [9.17, 15) is 0 Å². The van der Waals surface area contributed by atoms with Crippen molar-refractivity contribution >= 4 is 35.6 Å². The molecule has 2 N–H and O–H groups in total. The van der Waals surface area contributed by atoms with Crippen molar-refractivity contribution in [2.75, 3.05) is 19.7 Å². The number of fused-ring (bicyclic) bond motifs is 1. The van der Waals surface area contributed by atoms with Crippen LogP contribution in [0.2, 0.25) is 0 Å². The van der Waals surface area contributed by atoms with Crippen molar-refractivity contribution in [3.8, 4) is 5.75 Å². The van der Waals surface area contributed by atoms with E-state index >= 15 is 0 Å². The molecule has 0 aliphatic heterocycles. The predicted octanol–water partition coefficient (Wildman–Crippen LogP) is 4.38. The first-order valence-electron chi connectivity index (χ1n) is 11.1. The Kier molecular flexibility index (Phi) is 10.7. The molecule has 2 heterocycles. The van der Waals surface area contributed by atoms with Gasteiger partial charge in [-0.15, -0.1) is 34.2 Å². The van der Waals surface area contributed by atoms with Crippen LogP contribution < -0.4 is 15.4 Å². The van der Waals surface area contributed by atoms with Crippen LogP contribution in [-0.2, 0) is 13.0 Å². The van der Waals surface area contributed by atoms with Crippen LogP contribution >= 0.6 is 24.0 Å². The molecule has 3 aromatic rings. The van der Waals surface area contributed by atoms with Crippen molar-refractivity contribution in [1.29, 1.82) is 0 Å². The third-order valence-electron chi connectivity index (χ3n) is 4.95. The largest absolute Gasteiger partial charge is 0.493 e. The molecule has 7 nitrogen and oxygen atoms in total. The fourth-order valence-corrected chi connectivity index (χ4v) is 3.19. The van der Waals surface area contributed by atoms with E-state index in [0.29, 0.717) is 19.0 Å². The Morgan fingerprint density at radius 1 is 1.16 bits per heavy atom. The second kappa shape index (κ2) is 13.2. The number of aromatic nitrogens is 3. The molecule has 1 aromatic carbocycles. The minimum atomic E-state index is 0. The molecule has 8 heteroatoms. The lowest BCUT2D eigenvalue weighted by Crippen LogP contribution is -2.38. The van der Waals surface area contributed by atoms with E-state index in [2.05, 4.69) is 66.7 Å². The zero-order valence-electron chi connectivity index (χ0n) is 19.5. The summed E-state index contributed by atoms with van der Waals surface area (Å²) < 4.78 is 8.08. The lowest BCUT2D eigenvalue weighted by atomic mass is 10.1. The number of ether oxygens (including phenoxy) is 1. The van der Waals surface area contributed by atoms with E-state index in [-0.39, 0.29) is 24.0 Å². The van der Waals surface area contributed by atoms with Gasteiger partial charge >= 0.3 is 0 Å². The first kappa shape index (κ1) is 25.9. The molecule has 0 bridgehead atoms. The van der Waals surface area contributed by atoms with Crippen LogP contribution in [0.4, 0.5) is 0 Å². The summed E-state index contributed by atoms with van der Waals surface area (Å²) in [6.45, 7) is 11.4. The van der Waals surface area contributed by atoms with Gasteiger partial charge in [-0.3, -0.25) is 4.40 Å². The van der Waals surface area contributed by atoms with E-state index in [0.717, 1.165) is 54.7 Å². The third-order valence-corrected chi connectivity index (χ3v) is 4.95. The molecule has 2 aromatic heterocycles. The minimum Gasteiger partial charge on any atom is -0.493 e. The van der Waals surface area contributed by atoms with Crippen LogP contribution in [0.25, 0.3) is 5.65 Å². The number of nitrogens with zero attached hydrogens (tertiary/aromatic N) is 4. The Morgan fingerprint density at radius 2 is 2.00 bits per heavy atom. The fourth-order valence-electron chi connectivity index (χ4n) is 3.19. The van der Waals surface area contributed by atoms with Gasteiger partial charge in [0.1, 0.15) is 11.6 Å². The van der Waals surface area contributed by atoms with Gasteiger partial charge in [0.25, 0.3) is 0 Å². The average molecular weight is 550 g/mol. The molecule has 0 unspecified atom stereocenters. The average Bonchev–Trinajstić information content (AvgIpc) is 3.16.